The maximum atomic E-state index is 12.5. The zero-order valence-electron chi connectivity index (χ0n) is 17.2. The fraction of sp³-hybridized carbons (Fsp3) is 0.182. The summed E-state index contributed by atoms with van der Waals surface area (Å²) in [5.41, 5.74) is 0.775. The van der Waals surface area contributed by atoms with Gasteiger partial charge >= 0.3 is 0 Å². The number of hydrogen-bond acceptors (Lipinski definition) is 8. The van der Waals surface area contributed by atoms with Gasteiger partial charge in [-0.15, -0.1) is 6.58 Å². The molecule has 1 heterocycles. The summed E-state index contributed by atoms with van der Waals surface area (Å²) in [5.74, 6) is 1.39. The summed E-state index contributed by atoms with van der Waals surface area (Å²) in [4.78, 5) is 24.7. The molecule has 1 amide bonds. The maximum Gasteiger partial charge on any atom is 0.269 e. The molecule has 8 nitrogen and oxygen atoms in total. The molecule has 0 spiro atoms. The van der Waals surface area contributed by atoms with Crippen LogP contribution in [-0.2, 0) is 4.79 Å². The molecule has 0 radical (unpaired) electrons. The first-order chi connectivity index (χ1) is 15.4. The summed E-state index contributed by atoms with van der Waals surface area (Å²) in [7, 11) is 1.53. The number of rotatable bonds is 10. The number of carbonyl (C=O) groups is 1. The molecule has 10 heteroatoms. The number of nitro groups is 1. The minimum atomic E-state index is -0.467. The van der Waals surface area contributed by atoms with Gasteiger partial charge in [-0.25, -0.2) is 0 Å². The van der Waals surface area contributed by atoms with Crippen LogP contribution in [0.1, 0.15) is 5.56 Å². The summed E-state index contributed by atoms with van der Waals surface area (Å²) >= 11 is 6.50. The number of thioether (sulfide) groups is 1. The fourth-order valence-corrected chi connectivity index (χ4v) is 4.08. The SMILES string of the molecule is C=CCN1C(=O)/C(=C/c2ccc(OCCOc3ccc([N+](=O)[O-])cc3)c(OC)c2)SC1=S. The number of thiocarbonyl (C=S) groups is 1. The Morgan fingerprint density at radius 2 is 1.88 bits per heavy atom. The van der Waals surface area contributed by atoms with E-state index in [0.717, 1.165) is 5.56 Å². The summed E-state index contributed by atoms with van der Waals surface area (Å²) in [6, 6.07) is 11.2. The van der Waals surface area contributed by atoms with E-state index in [9.17, 15) is 14.9 Å². The zero-order valence-corrected chi connectivity index (χ0v) is 18.8. The van der Waals surface area contributed by atoms with Crippen molar-refractivity contribution in [1.82, 2.24) is 4.90 Å². The van der Waals surface area contributed by atoms with Crippen molar-refractivity contribution in [3.05, 3.63) is 75.7 Å². The van der Waals surface area contributed by atoms with Gasteiger partial charge in [0.1, 0.15) is 23.3 Å². The molecule has 1 saturated heterocycles. The second kappa shape index (κ2) is 10.8. The Morgan fingerprint density at radius 1 is 1.16 bits per heavy atom. The van der Waals surface area contributed by atoms with Crippen molar-refractivity contribution in [3.8, 4) is 17.2 Å². The topological polar surface area (TPSA) is 91.1 Å². The third-order valence-corrected chi connectivity index (χ3v) is 5.71. The van der Waals surface area contributed by atoms with Crippen LogP contribution in [0.2, 0.25) is 0 Å². The zero-order chi connectivity index (χ0) is 23.1. The smallest absolute Gasteiger partial charge is 0.269 e. The first-order valence-corrected chi connectivity index (χ1v) is 10.7. The van der Waals surface area contributed by atoms with Crippen LogP contribution in [0.4, 0.5) is 5.69 Å². The molecule has 32 heavy (non-hydrogen) atoms. The Balaban J connectivity index is 1.59. The average molecular weight is 473 g/mol. The lowest BCUT2D eigenvalue weighted by Gasteiger charge is -2.12. The predicted molar refractivity (Wildman–Crippen MR) is 127 cm³/mol. The second-order valence-electron chi connectivity index (χ2n) is 6.44. The van der Waals surface area contributed by atoms with Gasteiger partial charge in [0.2, 0.25) is 0 Å². The van der Waals surface area contributed by atoms with Crippen LogP contribution in [0.15, 0.2) is 60.0 Å². The van der Waals surface area contributed by atoms with Crippen LogP contribution >= 0.6 is 24.0 Å². The van der Waals surface area contributed by atoms with Gasteiger partial charge in [0.05, 0.1) is 16.9 Å². The van der Waals surface area contributed by atoms with Crippen molar-refractivity contribution < 1.29 is 23.9 Å². The minimum absolute atomic E-state index is 0.00124. The molecule has 2 aromatic carbocycles. The van der Waals surface area contributed by atoms with E-state index in [1.54, 1.807) is 24.3 Å². The molecule has 0 atom stereocenters. The van der Waals surface area contributed by atoms with E-state index in [4.69, 9.17) is 26.4 Å². The third kappa shape index (κ3) is 5.65. The number of hydrogen-bond donors (Lipinski definition) is 0. The summed E-state index contributed by atoms with van der Waals surface area (Å²) in [6.45, 7) is 4.51. The highest BCUT2D eigenvalue weighted by Gasteiger charge is 2.31. The number of nitrogens with zero attached hydrogens (tertiary/aromatic N) is 2. The van der Waals surface area contributed by atoms with Crippen molar-refractivity contribution in [3.63, 3.8) is 0 Å². The monoisotopic (exact) mass is 472 g/mol. The van der Waals surface area contributed by atoms with E-state index in [2.05, 4.69) is 6.58 Å². The van der Waals surface area contributed by atoms with E-state index in [1.165, 1.54) is 48.0 Å². The Morgan fingerprint density at radius 3 is 2.53 bits per heavy atom. The standard InChI is InChI=1S/C22H20N2O6S2/c1-3-10-23-21(25)20(32-22(23)31)14-15-4-9-18(19(13-15)28-2)30-12-11-29-17-7-5-16(6-8-17)24(26)27/h3-9,13-14H,1,10-12H2,2H3/b20-14-. The highest BCUT2D eigenvalue weighted by atomic mass is 32.2. The van der Waals surface area contributed by atoms with Gasteiger partial charge < -0.3 is 14.2 Å². The predicted octanol–water partition coefficient (Wildman–Crippen LogP) is 4.45. The molecule has 2 aromatic rings. The van der Waals surface area contributed by atoms with Crippen molar-refractivity contribution in [2.45, 2.75) is 0 Å². The molecule has 166 valence electrons. The molecule has 1 aliphatic heterocycles. The van der Waals surface area contributed by atoms with Gasteiger partial charge in [-0.1, -0.05) is 36.1 Å². The van der Waals surface area contributed by atoms with Crippen molar-refractivity contribution in [2.24, 2.45) is 0 Å². The lowest BCUT2D eigenvalue weighted by atomic mass is 10.2. The number of amides is 1. The van der Waals surface area contributed by atoms with Crippen LogP contribution in [0.5, 0.6) is 17.2 Å². The molecule has 1 fully saturated rings. The van der Waals surface area contributed by atoms with Gasteiger partial charge in [0, 0.05) is 18.7 Å². The van der Waals surface area contributed by atoms with E-state index >= 15 is 0 Å². The molecule has 0 bridgehead atoms. The van der Waals surface area contributed by atoms with Crippen LogP contribution in [0.3, 0.4) is 0 Å². The molecular formula is C22H20N2O6S2. The van der Waals surface area contributed by atoms with E-state index < -0.39 is 4.92 Å². The summed E-state index contributed by atoms with van der Waals surface area (Å²) in [6.07, 6.45) is 3.39. The number of benzene rings is 2. The number of ether oxygens (including phenoxy) is 3. The molecule has 1 aliphatic rings. The van der Waals surface area contributed by atoms with Crippen molar-refractivity contribution >= 4 is 46.0 Å². The normalized spacial score (nSPS) is 14.5. The van der Waals surface area contributed by atoms with Gasteiger partial charge in [-0.05, 0) is 35.9 Å². The van der Waals surface area contributed by atoms with E-state index in [0.29, 0.717) is 33.0 Å². The number of nitro benzene ring substituents is 1. The number of non-ortho nitro benzene ring substituents is 1. The van der Waals surface area contributed by atoms with Crippen LogP contribution in [0, 0.1) is 10.1 Å². The van der Waals surface area contributed by atoms with Crippen molar-refractivity contribution in [1.29, 1.82) is 0 Å². The summed E-state index contributed by atoms with van der Waals surface area (Å²) < 4.78 is 17.2. The molecule has 0 N–H and O–H groups in total. The largest absolute Gasteiger partial charge is 0.493 e. The van der Waals surface area contributed by atoms with Crippen molar-refractivity contribution in [2.75, 3.05) is 26.9 Å². The first-order valence-electron chi connectivity index (χ1n) is 9.47. The Labute approximate surface area is 194 Å². The lowest BCUT2D eigenvalue weighted by Crippen LogP contribution is -2.27. The van der Waals surface area contributed by atoms with Gasteiger partial charge in [-0.2, -0.15) is 0 Å². The quantitative estimate of drug-likeness (QED) is 0.125. The Kier molecular flexibility index (Phi) is 7.85. The fourth-order valence-electron chi connectivity index (χ4n) is 2.81. The molecular weight excluding hydrogens is 452 g/mol. The Bertz CT molecular complexity index is 1070. The van der Waals surface area contributed by atoms with Gasteiger partial charge in [-0.3, -0.25) is 19.8 Å². The van der Waals surface area contributed by atoms with E-state index in [1.807, 2.05) is 6.07 Å². The Hall–Kier alpha value is -3.37. The third-order valence-electron chi connectivity index (χ3n) is 4.33. The van der Waals surface area contributed by atoms with Crippen LogP contribution < -0.4 is 14.2 Å². The first kappa shape index (κ1) is 23.3. The molecule has 3 rings (SSSR count). The summed E-state index contributed by atoms with van der Waals surface area (Å²) in [5, 5.41) is 10.7. The highest BCUT2D eigenvalue weighted by Crippen LogP contribution is 2.34. The van der Waals surface area contributed by atoms with E-state index in [-0.39, 0.29) is 24.8 Å². The second-order valence-corrected chi connectivity index (χ2v) is 8.11. The average Bonchev–Trinajstić information content (AvgIpc) is 3.05. The highest BCUT2D eigenvalue weighted by molar-refractivity contribution is 8.26. The van der Waals surface area contributed by atoms with Gasteiger partial charge in [0.15, 0.2) is 11.5 Å². The minimum Gasteiger partial charge on any atom is -0.493 e. The molecule has 0 aliphatic carbocycles. The van der Waals surface area contributed by atoms with Gasteiger partial charge in [0.25, 0.3) is 11.6 Å². The molecule has 0 saturated carbocycles. The molecule has 0 unspecified atom stereocenters. The molecule has 0 aromatic heterocycles. The number of carbonyl (C=O) groups excluding carboxylic acids is 1. The number of methoxy groups -OCH3 is 1. The lowest BCUT2D eigenvalue weighted by molar-refractivity contribution is -0.384. The van der Waals surface area contributed by atoms with Crippen LogP contribution in [-0.4, -0.2) is 46.9 Å². The van der Waals surface area contributed by atoms with Crippen LogP contribution in [0.25, 0.3) is 6.08 Å². The maximum absolute atomic E-state index is 12.5.